The Bertz CT molecular complexity index is 951. The van der Waals surface area contributed by atoms with Crippen molar-refractivity contribution in [2.45, 2.75) is 6.54 Å². The molecule has 138 valence electrons. The van der Waals surface area contributed by atoms with Crippen LogP contribution < -0.4 is 4.74 Å². The number of methoxy groups -OCH3 is 1. The largest absolute Gasteiger partial charge is 0.496 e. The van der Waals surface area contributed by atoms with Crippen LogP contribution in [-0.2, 0) is 11.3 Å². The average Bonchev–Trinajstić information content (AvgIpc) is 3.16. The van der Waals surface area contributed by atoms with Crippen LogP contribution in [0.3, 0.4) is 0 Å². The van der Waals surface area contributed by atoms with E-state index in [1.807, 2.05) is 36.5 Å². The molecule has 0 saturated heterocycles. The molecule has 5 nitrogen and oxygen atoms in total. The predicted molar refractivity (Wildman–Crippen MR) is 107 cm³/mol. The summed E-state index contributed by atoms with van der Waals surface area (Å²) in [5.41, 5.74) is 2.67. The van der Waals surface area contributed by atoms with E-state index in [2.05, 4.69) is 5.10 Å². The Labute approximate surface area is 163 Å². The van der Waals surface area contributed by atoms with Crippen LogP contribution in [0.2, 0.25) is 5.02 Å². The molecule has 3 aromatic rings. The number of carbonyl (C=O) groups is 1. The average molecular weight is 382 g/mol. The van der Waals surface area contributed by atoms with Gasteiger partial charge in [0.15, 0.2) is 0 Å². The molecule has 0 aliphatic carbocycles. The monoisotopic (exact) mass is 381 g/mol. The molecule has 1 aromatic heterocycles. The molecule has 0 atom stereocenters. The third-order valence-electron chi connectivity index (χ3n) is 4.07. The number of amides is 1. The molecule has 2 aromatic carbocycles. The zero-order valence-electron chi connectivity index (χ0n) is 15.2. The molecule has 0 N–H and O–H groups in total. The van der Waals surface area contributed by atoms with Gasteiger partial charge >= 0.3 is 0 Å². The number of hydrogen-bond donors (Lipinski definition) is 0. The van der Waals surface area contributed by atoms with Crippen LogP contribution in [0, 0.1) is 0 Å². The van der Waals surface area contributed by atoms with Gasteiger partial charge in [-0.15, -0.1) is 0 Å². The Hall–Kier alpha value is -3.05. The minimum absolute atomic E-state index is 0.121. The van der Waals surface area contributed by atoms with E-state index < -0.39 is 0 Å². The van der Waals surface area contributed by atoms with Crippen LogP contribution in [0.5, 0.6) is 5.75 Å². The van der Waals surface area contributed by atoms with Crippen molar-refractivity contribution in [2.75, 3.05) is 14.2 Å². The number of likely N-dealkylation sites (N-methyl/N-ethyl adjacent to an activating group) is 1. The van der Waals surface area contributed by atoms with Crippen LogP contribution in [0.15, 0.2) is 67.0 Å². The number of aromatic nitrogens is 2. The maximum Gasteiger partial charge on any atom is 0.246 e. The van der Waals surface area contributed by atoms with Crippen molar-refractivity contribution >= 4 is 23.6 Å². The molecule has 0 aliphatic rings. The van der Waals surface area contributed by atoms with E-state index in [0.717, 1.165) is 16.8 Å². The molecule has 0 saturated carbocycles. The van der Waals surface area contributed by atoms with Gasteiger partial charge in [-0.3, -0.25) is 4.79 Å². The lowest BCUT2D eigenvalue weighted by molar-refractivity contribution is -0.125. The fourth-order valence-corrected chi connectivity index (χ4v) is 2.84. The van der Waals surface area contributed by atoms with Gasteiger partial charge in [-0.1, -0.05) is 29.8 Å². The molecule has 6 heteroatoms. The van der Waals surface area contributed by atoms with Crippen molar-refractivity contribution in [1.82, 2.24) is 14.7 Å². The smallest absolute Gasteiger partial charge is 0.246 e. The lowest BCUT2D eigenvalue weighted by atomic mass is 10.2. The molecule has 0 spiro atoms. The van der Waals surface area contributed by atoms with Crippen molar-refractivity contribution in [3.63, 3.8) is 0 Å². The Morgan fingerprint density at radius 3 is 2.78 bits per heavy atom. The third-order valence-corrected chi connectivity index (χ3v) is 4.30. The number of para-hydroxylation sites is 1. The number of hydrogen-bond acceptors (Lipinski definition) is 3. The number of nitrogens with zero attached hydrogens (tertiary/aromatic N) is 3. The summed E-state index contributed by atoms with van der Waals surface area (Å²) >= 11 is 6.05. The van der Waals surface area contributed by atoms with Gasteiger partial charge in [-0.25, -0.2) is 4.68 Å². The summed E-state index contributed by atoms with van der Waals surface area (Å²) in [6.07, 6.45) is 6.87. The highest BCUT2D eigenvalue weighted by atomic mass is 35.5. The lowest BCUT2D eigenvalue weighted by Crippen LogP contribution is -2.24. The van der Waals surface area contributed by atoms with E-state index in [4.69, 9.17) is 16.3 Å². The van der Waals surface area contributed by atoms with E-state index >= 15 is 0 Å². The van der Waals surface area contributed by atoms with Crippen LogP contribution >= 0.6 is 11.6 Å². The highest BCUT2D eigenvalue weighted by Crippen LogP contribution is 2.23. The van der Waals surface area contributed by atoms with E-state index in [9.17, 15) is 4.79 Å². The first-order valence-corrected chi connectivity index (χ1v) is 8.80. The molecular weight excluding hydrogens is 362 g/mol. The van der Waals surface area contributed by atoms with Gasteiger partial charge in [0.2, 0.25) is 5.91 Å². The van der Waals surface area contributed by atoms with Gasteiger partial charge in [-0.05, 0) is 36.4 Å². The molecule has 0 fully saturated rings. The Balaban J connectivity index is 1.66. The van der Waals surface area contributed by atoms with Crippen LogP contribution in [0.1, 0.15) is 11.1 Å². The van der Waals surface area contributed by atoms with Gasteiger partial charge in [0.05, 0.1) is 19.0 Å². The van der Waals surface area contributed by atoms with E-state index in [1.54, 1.807) is 54.2 Å². The first kappa shape index (κ1) is 18.7. The molecule has 27 heavy (non-hydrogen) atoms. The van der Waals surface area contributed by atoms with E-state index in [-0.39, 0.29) is 5.91 Å². The zero-order valence-corrected chi connectivity index (χ0v) is 15.9. The molecule has 3 rings (SSSR count). The Morgan fingerprint density at radius 2 is 2.04 bits per heavy atom. The first-order valence-electron chi connectivity index (χ1n) is 8.42. The number of carbonyl (C=O) groups excluding carboxylic acids is 1. The summed E-state index contributed by atoms with van der Waals surface area (Å²) in [5, 5.41) is 4.93. The quantitative estimate of drug-likeness (QED) is 0.601. The molecule has 0 radical (unpaired) electrons. The number of rotatable bonds is 6. The predicted octanol–water partition coefficient (Wildman–Crippen LogP) is 4.21. The van der Waals surface area contributed by atoms with E-state index in [0.29, 0.717) is 17.3 Å². The summed E-state index contributed by atoms with van der Waals surface area (Å²) in [7, 11) is 3.33. The summed E-state index contributed by atoms with van der Waals surface area (Å²) in [4.78, 5) is 14.0. The zero-order chi connectivity index (χ0) is 19.2. The van der Waals surface area contributed by atoms with Crippen LogP contribution in [0.4, 0.5) is 0 Å². The van der Waals surface area contributed by atoms with Crippen molar-refractivity contribution in [3.8, 4) is 11.4 Å². The third kappa shape index (κ3) is 4.77. The van der Waals surface area contributed by atoms with Crippen molar-refractivity contribution < 1.29 is 9.53 Å². The summed E-state index contributed by atoms with van der Waals surface area (Å²) < 4.78 is 7.10. The molecule has 0 bridgehead atoms. The van der Waals surface area contributed by atoms with Crippen molar-refractivity contribution in [1.29, 1.82) is 0 Å². The standard InChI is InChI=1S/C21H20ClN3O2/c1-24(15-17-12-18(22)9-10-20(17)27-2)21(26)11-8-16-13-23-25(14-16)19-6-4-3-5-7-19/h3-14H,15H2,1-2H3/b11-8+. The molecule has 1 amide bonds. The van der Waals surface area contributed by atoms with Crippen LogP contribution in [0.25, 0.3) is 11.8 Å². The summed E-state index contributed by atoms with van der Waals surface area (Å²) in [5.74, 6) is 0.580. The second-order valence-electron chi connectivity index (χ2n) is 6.04. The van der Waals surface area contributed by atoms with Gasteiger partial charge in [0.25, 0.3) is 0 Å². The summed E-state index contributed by atoms with van der Waals surface area (Å²) in [6, 6.07) is 15.2. The Kier molecular flexibility index (Phi) is 5.94. The summed E-state index contributed by atoms with van der Waals surface area (Å²) in [6.45, 7) is 0.399. The SMILES string of the molecule is COc1ccc(Cl)cc1CN(C)C(=O)/C=C/c1cnn(-c2ccccc2)c1. The van der Waals surface area contributed by atoms with Crippen LogP contribution in [-0.4, -0.2) is 34.7 Å². The number of ether oxygens (including phenoxy) is 1. The fourth-order valence-electron chi connectivity index (χ4n) is 2.64. The maximum absolute atomic E-state index is 12.4. The number of benzene rings is 2. The van der Waals surface area contributed by atoms with Gasteiger partial charge in [0.1, 0.15) is 5.75 Å². The Morgan fingerprint density at radius 1 is 1.26 bits per heavy atom. The fraction of sp³-hybridized carbons (Fsp3) is 0.143. The maximum atomic E-state index is 12.4. The van der Waals surface area contributed by atoms with Gasteiger partial charge in [0, 0.05) is 42.0 Å². The van der Waals surface area contributed by atoms with Gasteiger partial charge in [-0.2, -0.15) is 5.10 Å². The lowest BCUT2D eigenvalue weighted by Gasteiger charge is -2.17. The van der Waals surface area contributed by atoms with E-state index in [1.165, 1.54) is 6.08 Å². The van der Waals surface area contributed by atoms with Gasteiger partial charge < -0.3 is 9.64 Å². The minimum Gasteiger partial charge on any atom is -0.496 e. The van der Waals surface area contributed by atoms with Crippen molar-refractivity contribution in [3.05, 3.63) is 83.2 Å². The topological polar surface area (TPSA) is 47.4 Å². The first-order chi connectivity index (χ1) is 13.1. The molecule has 0 unspecified atom stereocenters. The molecule has 1 heterocycles. The highest BCUT2D eigenvalue weighted by Gasteiger charge is 2.10. The molecule has 0 aliphatic heterocycles. The number of halogens is 1. The second-order valence-corrected chi connectivity index (χ2v) is 6.47. The second kappa shape index (κ2) is 8.56. The minimum atomic E-state index is -0.121. The van der Waals surface area contributed by atoms with Crippen molar-refractivity contribution in [2.24, 2.45) is 0 Å². The molecular formula is C21H20ClN3O2. The highest BCUT2D eigenvalue weighted by molar-refractivity contribution is 6.30. The normalized spacial score (nSPS) is 10.9.